The van der Waals surface area contributed by atoms with Gasteiger partial charge in [-0.3, -0.25) is 14.5 Å². The maximum absolute atomic E-state index is 12.4. The first-order valence-corrected chi connectivity index (χ1v) is 7.94. The van der Waals surface area contributed by atoms with Crippen LogP contribution in [0.5, 0.6) is 0 Å². The number of aromatic nitrogens is 1. The summed E-state index contributed by atoms with van der Waals surface area (Å²) >= 11 is 0. The summed E-state index contributed by atoms with van der Waals surface area (Å²) in [5, 5.41) is 8.96. The number of hydrogen-bond donors (Lipinski definition) is 0. The summed E-state index contributed by atoms with van der Waals surface area (Å²) in [5.41, 5.74) is 0.540. The molecule has 0 unspecified atom stereocenters. The standard InChI is InChI=1S/C16H18N6O3/c1-19-10-15(24)22(16(19)25)11-14(23)21-6-4-20(5-7-21)13-8-12(9-17)2-3-18-13/h2-3,8H,4-7,10-11H2,1H3. The van der Waals surface area contributed by atoms with Gasteiger partial charge < -0.3 is 14.7 Å². The average molecular weight is 342 g/mol. The molecule has 0 aromatic carbocycles. The second-order valence-corrected chi connectivity index (χ2v) is 6.00. The van der Waals surface area contributed by atoms with Gasteiger partial charge in [-0.05, 0) is 12.1 Å². The van der Waals surface area contributed by atoms with Crippen LogP contribution in [0.15, 0.2) is 18.3 Å². The van der Waals surface area contributed by atoms with E-state index in [1.54, 1.807) is 23.2 Å². The molecule has 0 N–H and O–H groups in total. The molecule has 4 amide bonds. The molecule has 130 valence electrons. The number of pyridine rings is 1. The molecule has 9 heteroatoms. The summed E-state index contributed by atoms with van der Waals surface area (Å²) in [5.74, 6) is 0.116. The van der Waals surface area contributed by atoms with Gasteiger partial charge in [-0.2, -0.15) is 5.26 Å². The minimum Gasteiger partial charge on any atom is -0.353 e. The number of carbonyl (C=O) groups is 3. The molecule has 9 nitrogen and oxygen atoms in total. The Bertz CT molecular complexity index is 750. The zero-order valence-electron chi connectivity index (χ0n) is 13.9. The first kappa shape index (κ1) is 16.7. The van der Waals surface area contributed by atoms with E-state index in [0.29, 0.717) is 37.6 Å². The van der Waals surface area contributed by atoms with Crippen molar-refractivity contribution in [3.05, 3.63) is 23.9 Å². The van der Waals surface area contributed by atoms with Crippen LogP contribution in [0.2, 0.25) is 0 Å². The van der Waals surface area contributed by atoms with Crippen molar-refractivity contribution >= 4 is 23.7 Å². The number of imide groups is 1. The van der Waals surface area contributed by atoms with Crippen molar-refractivity contribution in [2.24, 2.45) is 0 Å². The lowest BCUT2D eigenvalue weighted by atomic mass is 10.2. The smallest absolute Gasteiger partial charge is 0.327 e. The number of nitrogens with zero attached hydrogens (tertiary/aromatic N) is 6. The summed E-state index contributed by atoms with van der Waals surface area (Å²) in [7, 11) is 1.53. The van der Waals surface area contributed by atoms with Crippen LogP contribution in [-0.4, -0.2) is 83.8 Å². The predicted molar refractivity (Wildman–Crippen MR) is 87.5 cm³/mol. The fourth-order valence-electron chi connectivity index (χ4n) is 2.91. The Morgan fingerprint density at radius 3 is 2.60 bits per heavy atom. The Labute approximate surface area is 145 Å². The molecule has 0 spiro atoms. The molecule has 1 aromatic rings. The van der Waals surface area contributed by atoms with Gasteiger partial charge in [0, 0.05) is 39.4 Å². The third-order valence-corrected chi connectivity index (χ3v) is 4.36. The molecule has 0 radical (unpaired) electrons. The van der Waals surface area contributed by atoms with Crippen LogP contribution in [0.1, 0.15) is 5.56 Å². The minimum absolute atomic E-state index is 0.0147. The molecule has 0 aliphatic carbocycles. The molecule has 1 aromatic heterocycles. The van der Waals surface area contributed by atoms with E-state index in [4.69, 9.17) is 5.26 Å². The molecule has 0 atom stereocenters. The van der Waals surface area contributed by atoms with Crippen molar-refractivity contribution in [1.29, 1.82) is 5.26 Å². The molecule has 2 aliphatic rings. The van der Waals surface area contributed by atoms with Gasteiger partial charge in [-0.1, -0.05) is 0 Å². The zero-order chi connectivity index (χ0) is 18.0. The average Bonchev–Trinajstić information content (AvgIpc) is 2.88. The maximum atomic E-state index is 12.4. The summed E-state index contributed by atoms with van der Waals surface area (Å²) in [6.07, 6.45) is 1.59. The summed E-state index contributed by atoms with van der Waals surface area (Å²) in [6, 6.07) is 5.01. The SMILES string of the molecule is CN1CC(=O)N(CC(=O)N2CCN(c3cc(C#N)ccn3)CC2)C1=O. The Morgan fingerprint density at radius 2 is 2.00 bits per heavy atom. The molecular weight excluding hydrogens is 324 g/mol. The van der Waals surface area contributed by atoms with Gasteiger partial charge in [-0.25, -0.2) is 9.78 Å². The quantitative estimate of drug-likeness (QED) is 0.686. The van der Waals surface area contributed by atoms with Gasteiger partial charge >= 0.3 is 6.03 Å². The second kappa shape index (κ2) is 6.76. The van der Waals surface area contributed by atoms with E-state index in [0.717, 1.165) is 4.90 Å². The van der Waals surface area contributed by atoms with Crippen molar-refractivity contribution in [2.45, 2.75) is 0 Å². The first-order valence-electron chi connectivity index (χ1n) is 7.94. The van der Waals surface area contributed by atoms with Crippen molar-refractivity contribution < 1.29 is 14.4 Å². The normalized spacial score (nSPS) is 17.9. The number of amides is 4. The predicted octanol–water partition coefficient (Wildman–Crippen LogP) is -0.504. The third-order valence-electron chi connectivity index (χ3n) is 4.36. The number of nitriles is 1. The van der Waals surface area contributed by atoms with Crippen molar-refractivity contribution in [3.63, 3.8) is 0 Å². The van der Waals surface area contributed by atoms with Crippen LogP contribution in [0.4, 0.5) is 10.6 Å². The van der Waals surface area contributed by atoms with Gasteiger partial charge in [-0.15, -0.1) is 0 Å². The molecule has 0 bridgehead atoms. The van der Waals surface area contributed by atoms with E-state index in [1.807, 2.05) is 4.90 Å². The molecule has 3 rings (SSSR count). The number of likely N-dealkylation sites (N-methyl/N-ethyl adjacent to an activating group) is 1. The third kappa shape index (κ3) is 3.38. The highest BCUT2D eigenvalue weighted by molar-refractivity contribution is 6.04. The Morgan fingerprint density at radius 1 is 1.28 bits per heavy atom. The summed E-state index contributed by atoms with van der Waals surface area (Å²) in [4.78, 5) is 46.2. The molecule has 2 fully saturated rings. The number of hydrogen-bond acceptors (Lipinski definition) is 6. The molecule has 3 heterocycles. The van der Waals surface area contributed by atoms with E-state index < -0.39 is 6.03 Å². The lowest BCUT2D eigenvalue weighted by Crippen LogP contribution is -2.52. The van der Waals surface area contributed by atoms with Crippen LogP contribution < -0.4 is 4.90 Å². The highest BCUT2D eigenvalue weighted by Crippen LogP contribution is 2.15. The Hall–Kier alpha value is -3.15. The van der Waals surface area contributed by atoms with Crippen LogP contribution >= 0.6 is 0 Å². The first-order chi connectivity index (χ1) is 12.0. The highest BCUT2D eigenvalue weighted by atomic mass is 16.2. The van der Waals surface area contributed by atoms with E-state index in [1.165, 1.54) is 11.9 Å². The molecule has 2 saturated heterocycles. The molecule has 2 aliphatic heterocycles. The highest BCUT2D eigenvalue weighted by Gasteiger charge is 2.36. The van der Waals surface area contributed by atoms with Crippen LogP contribution in [-0.2, 0) is 9.59 Å². The van der Waals surface area contributed by atoms with E-state index >= 15 is 0 Å². The second-order valence-electron chi connectivity index (χ2n) is 6.00. The summed E-state index contributed by atoms with van der Waals surface area (Å²) in [6.45, 7) is 1.91. The number of anilines is 1. The van der Waals surface area contributed by atoms with Gasteiger partial charge in [0.1, 0.15) is 18.9 Å². The maximum Gasteiger partial charge on any atom is 0.327 e. The topological polar surface area (TPSA) is 101 Å². The van der Waals surface area contributed by atoms with Crippen LogP contribution in [0, 0.1) is 11.3 Å². The van der Waals surface area contributed by atoms with Crippen molar-refractivity contribution in [1.82, 2.24) is 19.7 Å². The van der Waals surface area contributed by atoms with Crippen molar-refractivity contribution in [2.75, 3.05) is 51.2 Å². The number of urea groups is 1. The van der Waals surface area contributed by atoms with Gasteiger partial charge in [0.2, 0.25) is 5.91 Å². The Balaban J connectivity index is 1.57. The van der Waals surface area contributed by atoms with Gasteiger partial charge in [0.15, 0.2) is 0 Å². The van der Waals surface area contributed by atoms with Crippen molar-refractivity contribution in [3.8, 4) is 6.07 Å². The van der Waals surface area contributed by atoms with Gasteiger partial charge in [0.25, 0.3) is 5.91 Å². The Kier molecular flexibility index (Phi) is 4.52. The minimum atomic E-state index is -0.436. The number of rotatable bonds is 3. The molecule has 0 saturated carbocycles. The largest absolute Gasteiger partial charge is 0.353 e. The molecular formula is C16H18N6O3. The fraction of sp³-hybridized carbons (Fsp3) is 0.438. The van der Waals surface area contributed by atoms with Gasteiger partial charge in [0.05, 0.1) is 11.6 Å². The van der Waals surface area contributed by atoms with E-state index in [9.17, 15) is 14.4 Å². The van der Waals surface area contributed by atoms with E-state index in [-0.39, 0.29) is 24.9 Å². The number of piperazine rings is 1. The fourth-order valence-corrected chi connectivity index (χ4v) is 2.91. The molecule has 25 heavy (non-hydrogen) atoms. The summed E-state index contributed by atoms with van der Waals surface area (Å²) < 4.78 is 0. The lowest BCUT2D eigenvalue weighted by molar-refractivity contribution is -0.136. The monoisotopic (exact) mass is 342 g/mol. The van der Waals surface area contributed by atoms with E-state index in [2.05, 4.69) is 11.1 Å². The number of carbonyl (C=O) groups excluding carboxylic acids is 3. The van der Waals surface area contributed by atoms with Crippen LogP contribution in [0.25, 0.3) is 0 Å². The lowest BCUT2D eigenvalue weighted by Gasteiger charge is -2.35. The van der Waals surface area contributed by atoms with Crippen LogP contribution in [0.3, 0.4) is 0 Å². The zero-order valence-corrected chi connectivity index (χ0v) is 13.9.